The Bertz CT molecular complexity index is 652. The number of carbonyl (C=O) groups excluding carboxylic acids is 1. The summed E-state index contributed by atoms with van der Waals surface area (Å²) in [5, 5.41) is 2.94. The van der Waals surface area contributed by atoms with E-state index in [1.807, 2.05) is 42.5 Å². The van der Waals surface area contributed by atoms with Crippen LogP contribution in [-0.4, -0.2) is 44.0 Å². The predicted molar refractivity (Wildman–Crippen MR) is 95.1 cm³/mol. The summed E-state index contributed by atoms with van der Waals surface area (Å²) < 4.78 is 0. The minimum absolute atomic E-state index is 0.0767. The lowest BCUT2D eigenvalue weighted by atomic mass is 10.2. The second-order valence-corrected chi connectivity index (χ2v) is 6.22. The van der Waals surface area contributed by atoms with E-state index in [-0.39, 0.29) is 5.91 Å². The molecular formula is C19H23N3O. The highest BCUT2D eigenvalue weighted by Gasteiger charge is 2.23. The molecule has 4 nitrogen and oxygen atoms in total. The number of benzene rings is 2. The van der Waals surface area contributed by atoms with Gasteiger partial charge in [-0.05, 0) is 56.9 Å². The van der Waals surface area contributed by atoms with Crippen molar-refractivity contribution in [1.29, 1.82) is 0 Å². The first-order chi connectivity index (χ1) is 11.1. The average molecular weight is 309 g/mol. The average Bonchev–Trinajstić information content (AvgIpc) is 3.07. The van der Waals surface area contributed by atoms with Gasteiger partial charge in [-0.25, -0.2) is 0 Å². The highest BCUT2D eigenvalue weighted by Crippen LogP contribution is 2.24. The van der Waals surface area contributed by atoms with Gasteiger partial charge in [0.15, 0.2) is 0 Å². The minimum Gasteiger partial charge on any atom is -0.370 e. The molecule has 1 atom stereocenters. The molecule has 1 unspecified atom stereocenters. The smallest absolute Gasteiger partial charge is 0.255 e. The maximum absolute atomic E-state index is 12.1. The van der Waals surface area contributed by atoms with Crippen LogP contribution in [0.4, 0.5) is 11.4 Å². The zero-order valence-corrected chi connectivity index (χ0v) is 13.7. The number of nitrogens with one attached hydrogen (secondary N) is 1. The number of carbonyl (C=O) groups is 1. The Hall–Kier alpha value is -2.33. The zero-order valence-electron chi connectivity index (χ0n) is 13.7. The molecular weight excluding hydrogens is 286 g/mol. The van der Waals surface area contributed by atoms with Crippen molar-refractivity contribution in [2.45, 2.75) is 12.5 Å². The highest BCUT2D eigenvalue weighted by atomic mass is 16.1. The lowest BCUT2D eigenvalue weighted by Crippen LogP contribution is -2.31. The van der Waals surface area contributed by atoms with E-state index in [1.165, 1.54) is 12.1 Å². The molecule has 2 aromatic rings. The largest absolute Gasteiger partial charge is 0.370 e. The Morgan fingerprint density at radius 2 is 1.78 bits per heavy atom. The van der Waals surface area contributed by atoms with E-state index < -0.39 is 0 Å². The highest BCUT2D eigenvalue weighted by molar-refractivity contribution is 6.04. The molecule has 1 aliphatic heterocycles. The first-order valence-corrected chi connectivity index (χ1v) is 8.01. The molecule has 0 bridgehead atoms. The standard InChI is InChI=1S/C19H23N3O/c1-21(2)18-12-13-22(14-18)17-10-8-16(9-11-17)20-19(23)15-6-4-3-5-7-15/h3-11,18H,12-14H2,1-2H3,(H,20,23). The fourth-order valence-electron chi connectivity index (χ4n) is 2.95. The predicted octanol–water partition coefficient (Wildman–Crippen LogP) is 3.08. The topological polar surface area (TPSA) is 35.6 Å². The van der Waals surface area contributed by atoms with Crippen LogP contribution in [0.3, 0.4) is 0 Å². The van der Waals surface area contributed by atoms with Crippen molar-refractivity contribution in [3.05, 3.63) is 60.2 Å². The fraction of sp³-hybridized carbons (Fsp3) is 0.316. The van der Waals surface area contributed by atoms with Gasteiger partial charge in [-0.15, -0.1) is 0 Å². The van der Waals surface area contributed by atoms with Crippen molar-refractivity contribution in [3.63, 3.8) is 0 Å². The Labute approximate surface area is 137 Å². The molecule has 0 spiro atoms. The molecule has 0 radical (unpaired) electrons. The van der Waals surface area contributed by atoms with E-state index in [2.05, 4.69) is 41.3 Å². The van der Waals surface area contributed by atoms with Gasteiger partial charge in [0, 0.05) is 36.1 Å². The van der Waals surface area contributed by atoms with Gasteiger partial charge in [0.25, 0.3) is 5.91 Å². The molecule has 120 valence electrons. The Morgan fingerprint density at radius 1 is 1.09 bits per heavy atom. The lowest BCUT2D eigenvalue weighted by Gasteiger charge is -2.22. The summed E-state index contributed by atoms with van der Waals surface area (Å²) in [4.78, 5) is 16.8. The molecule has 2 aromatic carbocycles. The van der Waals surface area contributed by atoms with Gasteiger partial charge in [-0.2, -0.15) is 0 Å². The van der Waals surface area contributed by atoms with E-state index in [0.717, 1.165) is 18.8 Å². The van der Waals surface area contributed by atoms with Crippen molar-refractivity contribution in [2.75, 3.05) is 37.4 Å². The summed E-state index contributed by atoms with van der Waals surface area (Å²) in [6.45, 7) is 2.14. The first-order valence-electron chi connectivity index (χ1n) is 8.01. The van der Waals surface area contributed by atoms with Crippen molar-refractivity contribution in [3.8, 4) is 0 Å². The van der Waals surface area contributed by atoms with Gasteiger partial charge in [0.05, 0.1) is 0 Å². The minimum atomic E-state index is -0.0767. The summed E-state index contributed by atoms with van der Waals surface area (Å²) >= 11 is 0. The normalized spacial score (nSPS) is 17.5. The van der Waals surface area contributed by atoms with Gasteiger partial charge in [0.1, 0.15) is 0 Å². The molecule has 1 N–H and O–H groups in total. The molecule has 1 saturated heterocycles. The van der Waals surface area contributed by atoms with Crippen LogP contribution in [0.2, 0.25) is 0 Å². The molecule has 1 fully saturated rings. The maximum atomic E-state index is 12.1. The third-order valence-corrected chi connectivity index (χ3v) is 4.42. The molecule has 23 heavy (non-hydrogen) atoms. The van der Waals surface area contributed by atoms with Crippen LogP contribution >= 0.6 is 0 Å². The van der Waals surface area contributed by atoms with Gasteiger partial charge in [-0.3, -0.25) is 4.79 Å². The fourth-order valence-corrected chi connectivity index (χ4v) is 2.95. The summed E-state index contributed by atoms with van der Waals surface area (Å²) in [7, 11) is 4.27. The molecule has 3 rings (SSSR count). The van der Waals surface area contributed by atoms with Gasteiger partial charge in [-0.1, -0.05) is 18.2 Å². The van der Waals surface area contributed by atoms with Crippen molar-refractivity contribution in [2.24, 2.45) is 0 Å². The summed E-state index contributed by atoms with van der Waals surface area (Å²) in [6, 6.07) is 18.0. The Morgan fingerprint density at radius 3 is 2.39 bits per heavy atom. The third kappa shape index (κ3) is 3.71. The number of hydrogen-bond donors (Lipinski definition) is 1. The summed E-state index contributed by atoms with van der Waals surface area (Å²) in [5.41, 5.74) is 2.71. The van der Waals surface area contributed by atoms with Crippen LogP contribution in [0.1, 0.15) is 16.8 Å². The Balaban J connectivity index is 1.63. The third-order valence-electron chi connectivity index (χ3n) is 4.42. The van der Waals surface area contributed by atoms with Gasteiger partial charge in [0.2, 0.25) is 0 Å². The van der Waals surface area contributed by atoms with Crippen LogP contribution in [-0.2, 0) is 0 Å². The van der Waals surface area contributed by atoms with Crippen LogP contribution in [0, 0.1) is 0 Å². The molecule has 0 aliphatic carbocycles. The number of nitrogens with zero attached hydrogens (tertiary/aromatic N) is 2. The molecule has 1 amide bonds. The number of anilines is 2. The van der Waals surface area contributed by atoms with E-state index in [4.69, 9.17) is 0 Å². The van der Waals surface area contributed by atoms with E-state index in [0.29, 0.717) is 11.6 Å². The molecule has 4 heteroatoms. The zero-order chi connectivity index (χ0) is 16.2. The van der Waals surface area contributed by atoms with Crippen molar-refractivity contribution < 1.29 is 4.79 Å². The molecule has 1 heterocycles. The first kappa shape index (κ1) is 15.6. The summed E-state index contributed by atoms with van der Waals surface area (Å²) in [5.74, 6) is -0.0767. The summed E-state index contributed by atoms with van der Waals surface area (Å²) in [6.07, 6.45) is 1.19. The van der Waals surface area contributed by atoms with Crippen molar-refractivity contribution >= 4 is 17.3 Å². The van der Waals surface area contributed by atoms with Crippen LogP contribution < -0.4 is 10.2 Å². The van der Waals surface area contributed by atoms with E-state index in [1.54, 1.807) is 0 Å². The second-order valence-electron chi connectivity index (χ2n) is 6.22. The van der Waals surface area contributed by atoms with Crippen LogP contribution in [0.25, 0.3) is 0 Å². The number of amides is 1. The monoisotopic (exact) mass is 309 g/mol. The SMILES string of the molecule is CN(C)C1CCN(c2ccc(NC(=O)c3ccccc3)cc2)C1. The second kappa shape index (κ2) is 6.84. The van der Waals surface area contributed by atoms with E-state index in [9.17, 15) is 4.79 Å². The molecule has 0 saturated carbocycles. The van der Waals surface area contributed by atoms with Gasteiger partial charge >= 0.3 is 0 Å². The van der Waals surface area contributed by atoms with E-state index >= 15 is 0 Å². The lowest BCUT2D eigenvalue weighted by molar-refractivity contribution is 0.102. The quantitative estimate of drug-likeness (QED) is 0.943. The van der Waals surface area contributed by atoms with Crippen LogP contribution in [0.5, 0.6) is 0 Å². The Kier molecular flexibility index (Phi) is 4.63. The number of likely N-dealkylation sites (N-methyl/N-ethyl adjacent to an activating group) is 1. The number of rotatable bonds is 4. The number of hydrogen-bond acceptors (Lipinski definition) is 3. The maximum Gasteiger partial charge on any atom is 0.255 e. The van der Waals surface area contributed by atoms with Gasteiger partial charge < -0.3 is 15.1 Å². The molecule has 0 aromatic heterocycles. The van der Waals surface area contributed by atoms with Crippen molar-refractivity contribution in [1.82, 2.24) is 4.90 Å². The molecule has 1 aliphatic rings. The van der Waals surface area contributed by atoms with Crippen LogP contribution in [0.15, 0.2) is 54.6 Å².